The molecule has 0 radical (unpaired) electrons. The van der Waals surface area contributed by atoms with Crippen LogP contribution < -0.4 is 0 Å². The number of sulfonamides is 1. The minimum Gasteiger partial charge on any atom is -0.229 e. The van der Waals surface area contributed by atoms with Crippen LogP contribution in [0.1, 0.15) is 30.6 Å². The van der Waals surface area contributed by atoms with Crippen molar-refractivity contribution < 1.29 is 8.42 Å². The number of thioether (sulfide) groups is 1. The largest absolute Gasteiger partial charge is 0.268 e. The maximum Gasteiger partial charge on any atom is 0.268 e. The molecule has 2 aliphatic rings. The molecule has 1 atom stereocenters. The topological polar surface area (TPSA) is 65.3 Å². The lowest BCUT2D eigenvalue weighted by Gasteiger charge is -2.36. The Balaban J connectivity index is 1.86. The fourth-order valence-corrected chi connectivity index (χ4v) is 5.77. The number of hydrogen-bond donors (Lipinski definition) is 0. The highest BCUT2D eigenvalue weighted by atomic mass is 32.2. The zero-order valence-electron chi connectivity index (χ0n) is 15.3. The lowest BCUT2D eigenvalue weighted by molar-refractivity contribution is 0.399. The quantitative estimate of drug-likeness (QED) is 0.683. The first kappa shape index (κ1) is 19.1. The average Bonchev–Trinajstić information content (AvgIpc) is 3.12. The second-order valence-electron chi connectivity index (χ2n) is 6.35. The molecule has 2 aromatic rings. The van der Waals surface area contributed by atoms with Crippen molar-refractivity contribution >= 4 is 49.3 Å². The summed E-state index contributed by atoms with van der Waals surface area (Å²) in [5, 5.41) is 7.45. The van der Waals surface area contributed by atoms with Gasteiger partial charge in [0.15, 0.2) is 11.3 Å². The van der Waals surface area contributed by atoms with Crippen molar-refractivity contribution in [2.75, 3.05) is 0 Å². The third-order valence-corrected chi connectivity index (χ3v) is 7.71. The number of amidine groups is 1. The predicted octanol–water partition coefficient (Wildman–Crippen LogP) is 4.11. The molecule has 1 unspecified atom stereocenters. The third-order valence-electron chi connectivity index (χ3n) is 4.40. The summed E-state index contributed by atoms with van der Waals surface area (Å²) >= 11 is 7.01. The number of rotatable bonds is 4. The fraction of sp³-hybridized carbons (Fsp3) is 0.211. The van der Waals surface area contributed by atoms with Crippen molar-refractivity contribution in [3.05, 3.63) is 65.7 Å². The Morgan fingerprint density at radius 3 is 2.43 bits per heavy atom. The molecule has 2 heterocycles. The maximum absolute atomic E-state index is 13.5. The molecule has 6 nitrogen and oxygen atoms in total. The van der Waals surface area contributed by atoms with Crippen molar-refractivity contribution in [2.45, 2.75) is 31.3 Å². The zero-order valence-corrected chi connectivity index (χ0v) is 17.8. The molecule has 0 amide bonds. The molecule has 2 aromatic carbocycles. The standard InChI is InChI=1S/C19H18N4O2S3/c1-3-16-21-22-18(27-16)20-17(14-7-5-4-6-8-14)23(19(22)26)28(24,25)15-11-9-13(2)10-12-15/h4-12,17H,3H2,1-2H3. The highest BCUT2D eigenvalue weighted by Gasteiger charge is 2.44. The van der Waals surface area contributed by atoms with Crippen LogP contribution in [0.15, 0.2) is 69.6 Å². The summed E-state index contributed by atoms with van der Waals surface area (Å²) in [6.07, 6.45) is -0.0473. The van der Waals surface area contributed by atoms with Gasteiger partial charge in [0.2, 0.25) is 5.11 Å². The van der Waals surface area contributed by atoms with Gasteiger partial charge in [-0.25, -0.2) is 17.7 Å². The molecule has 2 aliphatic heterocycles. The van der Waals surface area contributed by atoms with Crippen LogP contribution in [0.5, 0.6) is 0 Å². The van der Waals surface area contributed by atoms with Crippen LogP contribution in [0.4, 0.5) is 0 Å². The van der Waals surface area contributed by atoms with E-state index in [9.17, 15) is 8.42 Å². The number of thiocarbonyl (C=S) groups is 1. The van der Waals surface area contributed by atoms with Crippen LogP contribution in [0, 0.1) is 6.92 Å². The average molecular weight is 431 g/mol. The van der Waals surface area contributed by atoms with E-state index in [-0.39, 0.29) is 10.0 Å². The molecule has 0 fully saturated rings. The van der Waals surface area contributed by atoms with E-state index in [2.05, 4.69) is 5.10 Å². The van der Waals surface area contributed by atoms with Crippen molar-refractivity contribution in [3.8, 4) is 0 Å². The summed E-state index contributed by atoms with van der Waals surface area (Å²) in [4.78, 5) is 4.88. The molecule has 0 spiro atoms. The Kier molecular flexibility index (Phi) is 4.98. The molecule has 144 valence electrons. The van der Waals surface area contributed by atoms with Gasteiger partial charge in [-0.05, 0) is 55.0 Å². The predicted molar refractivity (Wildman–Crippen MR) is 117 cm³/mol. The highest BCUT2D eigenvalue weighted by molar-refractivity contribution is 8.27. The van der Waals surface area contributed by atoms with Gasteiger partial charge in [-0.2, -0.15) is 10.1 Å². The molecule has 0 N–H and O–H groups in total. The van der Waals surface area contributed by atoms with Crippen molar-refractivity contribution in [2.24, 2.45) is 10.1 Å². The van der Waals surface area contributed by atoms with Gasteiger partial charge in [-0.3, -0.25) is 0 Å². The van der Waals surface area contributed by atoms with Crippen molar-refractivity contribution in [1.29, 1.82) is 0 Å². The second-order valence-corrected chi connectivity index (χ2v) is 9.57. The van der Waals surface area contributed by atoms with E-state index >= 15 is 0 Å². The Bertz CT molecular complexity index is 1080. The molecular weight excluding hydrogens is 412 g/mol. The first-order valence-electron chi connectivity index (χ1n) is 8.75. The number of fused-ring (bicyclic) bond motifs is 1. The van der Waals surface area contributed by atoms with E-state index in [0.29, 0.717) is 5.17 Å². The van der Waals surface area contributed by atoms with E-state index in [4.69, 9.17) is 17.2 Å². The molecule has 28 heavy (non-hydrogen) atoms. The second kappa shape index (κ2) is 7.31. The molecule has 0 aliphatic carbocycles. The van der Waals surface area contributed by atoms with Gasteiger partial charge in [-0.15, -0.1) is 0 Å². The van der Waals surface area contributed by atoms with E-state index in [1.165, 1.54) is 21.1 Å². The van der Waals surface area contributed by atoms with Crippen LogP contribution in [0.2, 0.25) is 0 Å². The molecular formula is C19H18N4O2S3. The molecule has 0 aromatic heterocycles. The Labute approximate surface area is 174 Å². The monoisotopic (exact) mass is 430 g/mol. The van der Waals surface area contributed by atoms with Gasteiger partial charge in [0, 0.05) is 0 Å². The number of aliphatic imine (C=N–C) groups is 1. The Morgan fingerprint density at radius 1 is 1.11 bits per heavy atom. The summed E-state index contributed by atoms with van der Waals surface area (Å²) in [7, 11) is -3.92. The van der Waals surface area contributed by atoms with Crippen LogP contribution in [0.3, 0.4) is 0 Å². The summed E-state index contributed by atoms with van der Waals surface area (Å²) < 4.78 is 28.2. The lowest BCUT2D eigenvalue weighted by atomic mass is 10.2. The van der Waals surface area contributed by atoms with Gasteiger partial charge >= 0.3 is 0 Å². The van der Waals surface area contributed by atoms with E-state index in [0.717, 1.165) is 22.6 Å². The first-order valence-corrected chi connectivity index (χ1v) is 11.4. The summed E-state index contributed by atoms with van der Waals surface area (Å²) in [6.45, 7) is 3.90. The third kappa shape index (κ3) is 3.23. The molecule has 9 heteroatoms. The number of nitrogens with zero attached hydrogens (tertiary/aromatic N) is 4. The fourth-order valence-electron chi connectivity index (χ4n) is 2.92. The number of hydrogen-bond acceptors (Lipinski definition) is 6. The number of benzene rings is 2. The minimum atomic E-state index is -3.92. The molecule has 0 saturated carbocycles. The number of aryl methyl sites for hydroxylation is 1. The summed E-state index contributed by atoms with van der Waals surface area (Å²) in [6, 6.07) is 16.0. The van der Waals surface area contributed by atoms with E-state index in [1.807, 2.05) is 44.2 Å². The normalized spacial score (nSPS) is 19.4. The lowest BCUT2D eigenvalue weighted by Crippen LogP contribution is -2.49. The Hall–Kier alpha value is -2.23. The minimum absolute atomic E-state index is 0.107. The van der Waals surface area contributed by atoms with Crippen molar-refractivity contribution in [3.63, 3.8) is 0 Å². The van der Waals surface area contributed by atoms with Gasteiger partial charge in [0.1, 0.15) is 5.04 Å². The van der Waals surface area contributed by atoms with Crippen LogP contribution in [-0.2, 0) is 10.0 Å². The smallest absolute Gasteiger partial charge is 0.229 e. The van der Waals surface area contributed by atoms with Gasteiger partial charge < -0.3 is 0 Å². The van der Waals surface area contributed by atoms with Crippen molar-refractivity contribution in [1.82, 2.24) is 9.31 Å². The molecule has 0 saturated heterocycles. The zero-order chi connectivity index (χ0) is 19.9. The van der Waals surface area contributed by atoms with Gasteiger partial charge in [0.25, 0.3) is 10.0 Å². The van der Waals surface area contributed by atoms with E-state index in [1.54, 1.807) is 24.3 Å². The van der Waals surface area contributed by atoms with Crippen LogP contribution >= 0.6 is 24.0 Å². The number of hydrazone groups is 1. The van der Waals surface area contributed by atoms with Gasteiger partial charge in [-0.1, -0.05) is 55.0 Å². The summed E-state index contributed by atoms with van der Waals surface area (Å²) in [5.74, 6) is 0. The van der Waals surface area contributed by atoms with Crippen LogP contribution in [0.25, 0.3) is 0 Å². The Morgan fingerprint density at radius 2 is 1.79 bits per heavy atom. The summed E-state index contributed by atoms with van der Waals surface area (Å²) in [5.41, 5.74) is 1.73. The molecule has 4 rings (SSSR count). The molecule has 0 bridgehead atoms. The SMILES string of the molecule is CCC1=NN2C(=S)N(S(=O)(=O)c3ccc(C)cc3)C(c3ccccc3)N=C2S1. The highest BCUT2D eigenvalue weighted by Crippen LogP contribution is 2.38. The van der Waals surface area contributed by atoms with Gasteiger partial charge in [0.05, 0.1) is 4.90 Å². The maximum atomic E-state index is 13.5. The van der Waals surface area contributed by atoms with E-state index < -0.39 is 16.2 Å². The van der Waals surface area contributed by atoms with Crippen LogP contribution in [-0.4, -0.2) is 33.1 Å². The first-order chi connectivity index (χ1) is 13.4.